The second-order valence-electron chi connectivity index (χ2n) is 7.93. The molecule has 10 heteroatoms. The molecule has 1 aromatic heterocycles. The Labute approximate surface area is 187 Å². The lowest BCUT2D eigenvalue weighted by Crippen LogP contribution is -2.62. The maximum absolute atomic E-state index is 11.7. The maximum atomic E-state index is 11.7. The number of rotatable bonds is 4. The Morgan fingerprint density at radius 3 is 2.76 bits per heavy atom. The van der Waals surface area contributed by atoms with E-state index in [9.17, 15) is 9.90 Å². The molecule has 2 aliphatic rings. The van der Waals surface area contributed by atoms with Gasteiger partial charge in [-0.15, -0.1) is 0 Å². The minimum absolute atomic E-state index is 0.149. The van der Waals surface area contributed by atoms with Crippen molar-refractivity contribution in [3.8, 4) is 5.75 Å². The third-order valence-corrected chi connectivity index (χ3v) is 5.77. The predicted octanol–water partition coefficient (Wildman–Crippen LogP) is 3.36. The Balaban J connectivity index is 1.39. The van der Waals surface area contributed by atoms with Crippen LogP contribution in [0.15, 0.2) is 68.9 Å². The summed E-state index contributed by atoms with van der Waals surface area (Å²) in [6, 6.07) is 14.6. The van der Waals surface area contributed by atoms with E-state index in [4.69, 9.17) is 28.9 Å². The fraction of sp³-hybridized carbons (Fsp3) is 0.348. The lowest BCUT2D eigenvalue weighted by molar-refractivity contribution is -0.331. The van der Waals surface area contributed by atoms with Crippen molar-refractivity contribution in [2.24, 2.45) is 5.11 Å². The number of aliphatic hydroxyl groups excluding tert-OH is 1. The average molecular weight is 451 g/mol. The molecule has 10 nitrogen and oxygen atoms in total. The van der Waals surface area contributed by atoms with Gasteiger partial charge in [0.2, 0.25) is 6.29 Å². The summed E-state index contributed by atoms with van der Waals surface area (Å²) in [5, 5.41) is 15.5. The van der Waals surface area contributed by atoms with Crippen molar-refractivity contribution in [3.05, 3.63) is 86.6 Å². The number of azide groups is 1. The molecule has 2 aliphatic heterocycles. The van der Waals surface area contributed by atoms with E-state index in [1.807, 2.05) is 37.3 Å². The van der Waals surface area contributed by atoms with Crippen molar-refractivity contribution in [2.45, 2.75) is 43.9 Å². The summed E-state index contributed by atoms with van der Waals surface area (Å²) in [4.78, 5) is 14.6. The van der Waals surface area contributed by atoms with Crippen molar-refractivity contribution in [1.82, 2.24) is 0 Å². The van der Waals surface area contributed by atoms with Crippen molar-refractivity contribution >= 4 is 11.0 Å². The van der Waals surface area contributed by atoms with Crippen LogP contribution >= 0.6 is 0 Å². The molecule has 3 heterocycles. The van der Waals surface area contributed by atoms with Crippen molar-refractivity contribution in [3.63, 3.8) is 0 Å². The van der Waals surface area contributed by atoms with Gasteiger partial charge in [-0.1, -0.05) is 35.4 Å². The van der Waals surface area contributed by atoms with Crippen LogP contribution in [0, 0.1) is 6.92 Å². The summed E-state index contributed by atoms with van der Waals surface area (Å²) in [7, 11) is 0. The minimum Gasteiger partial charge on any atom is -0.464 e. The molecule has 33 heavy (non-hydrogen) atoms. The van der Waals surface area contributed by atoms with Gasteiger partial charge in [-0.25, -0.2) is 4.79 Å². The lowest BCUT2D eigenvalue weighted by Gasteiger charge is -2.46. The number of benzene rings is 2. The van der Waals surface area contributed by atoms with E-state index < -0.39 is 42.6 Å². The molecular weight excluding hydrogens is 430 g/mol. The van der Waals surface area contributed by atoms with Gasteiger partial charge in [-0.05, 0) is 30.2 Å². The van der Waals surface area contributed by atoms with Crippen LogP contribution in [0.2, 0.25) is 0 Å². The van der Waals surface area contributed by atoms with Gasteiger partial charge >= 0.3 is 5.63 Å². The molecule has 2 saturated heterocycles. The number of nitrogens with zero attached hydrogens (tertiary/aromatic N) is 3. The average Bonchev–Trinajstić information content (AvgIpc) is 2.81. The number of fused-ring (bicyclic) bond motifs is 2. The molecule has 3 aromatic rings. The SMILES string of the molecule is Cc1cc(=O)oc2cc(O[C@H]3O[C@@H]4COC(c5ccccc5)O[C@@H]4[C@H](O)[C@H]3N=[N+]=[N-])ccc12. The first-order valence-corrected chi connectivity index (χ1v) is 10.4. The summed E-state index contributed by atoms with van der Waals surface area (Å²) in [5.74, 6) is 0.324. The summed E-state index contributed by atoms with van der Waals surface area (Å²) in [6.07, 6.45) is -4.40. The van der Waals surface area contributed by atoms with E-state index in [0.717, 1.165) is 16.5 Å². The van der Waals surface area contributed by atoms with E-state index >= 15 is 0 Å². The van der Waals surface area contributed by atoms with Crippen molar-refractivity contribution in [1.29, 1.82) is 0 Å². The highest BCUT2D eigenvalue weighted by Crippen LogP contribution is 2.36. The largest absolute Gasteiger partial charge is 0.464 e. The molecule has 2 aromatic carbocycles. The number of hydrogen-bond donors (Lipinski definition) is 1. The number of ether oxygens (including phenoxy) is 4. The zero-order valence-corrected chi connectivity index (χ0v) is 17.6. The first kappa shape index (κ1) is 21.4. The Bertz CT molecular complexity index is 1260. The van der Waals surface area contributed by atoms with Gasteiger partial charge < -0.3 is 28.5 Å². The molecule has 0 aliphatic carbocycles. The highest BCUT2D eigenvalue weighted by atomic mass is 16.7. The summed E-state index contributed by atoms with van der Waals surface area (Å²) in [5.41, 5.74) is 10.5. The summed E-state index contributed by atoms with van der Waals surface area (Å²) >= 11 is 0. The van der Waals surface area contributed by atoms with E-state index in [2.05, 4.69) is 10.0 Å². The van der Waals surface area contributed by atoms with Gasteiger partial charge in [0.25, 0.3) is 0 Å². The smallest absolute Gasteiger partial charge is 0.336 e. The first-order valence-electron chi connectivity index (χ1n) is 10.4. The maximum Gasteiger partial charge on any atom is 0.336 e. The van der Waals surface area contributed by atoms with Crippen LogP contribution in [-0.2, 0) is 14.2 Å². The van der Waals surface area contributed by atoms with E-state index in [1.54, 1.807) is 18.2 Å². The molecule has 1 N–H and O–H groups in total. The predicted molar refractivity (Wildman–Crippen MR) is 115 cm³/mol. The van der Waals surface area contributed by atoms with Crippen LogP contribution in [0.3, 0.4) is 0 Å². The van der Waals surface area contributed by atoms with Gasteiger partial charge in [-0.2, -0.15) is 0 Å². The van der Waals surface area contributed by atoms with Crippen molar-refractivity contribution in [2.75, 3.05) is 6.61 Å². The Morgan fingerprint density at radius 2 is 1.97 bits per heavy atom. The van der Waals surface area contributed by atoms with Crippen LogP contribution < -0.4 is 10.4 Å². The van der Waals surface area contributed by atoms with Crippen LogP contribution in [0.25, 0.3) is 21.4 Å². The molecule has 5 rings (SSSR count). The Morgan fingerprint density at radius 1 is 1.15 bits per heavy atom. The quantitative estimate of drug-likeness (QED) is 0.278. The van der Waals surface area contributed by atoms with Crippen LogP contribution in [0.1, 0.15) is 17.4 Å². The highest BCUT2D eigenvalue weighted by Gasteiger charge is 2.50. The van der Waals surface area contributed by atoms with Crippen LogP contribution in [0.5, 0.6) is 5.75 Å². The van der Waals surface area contributed by atoms with E-state index in [-0.39, 0.29) is 6.61 Å². The fourth-order valence-electron chi connectivity index (χ4n) is 4.15. The minimum atomic E-state index is -1.19. The molecule has 0 amide bonds. The van der Waals surface area contributed by atoms with E-state index in [1.165, 1.54) is 6.07 Å². The zero-order chi connectivity index (χ0) is 22.9. The monoisotopic (exact) mass is 451 g/mol. The number of aliphatic hydroxyl groups is 1. The molecule has 0 saturated carbocycles. The zero-order valence-electron chi connectivity index (χ0n) is 17.6. The van der Waals surface area contributed by atoms with Gasteiger partial charge in [0, 0.05) is 28.0 Å². The van der Waals surface area contributed by atoms with Gasteiger partial charge in [-0.3, -0.25) is 0 Å². The standard InChI is InChI=1S/C23H21N3O7/c1-12-9-18(27)31-16-10-14(7-8-15(12)16)30-23-19(25-26-24)20(28)21-17(32-23)11-29-22(33-21)13-5-3-2-4-6-13/h2-10,17,19-23,28H,11H2,1H3/t17-,19-,20-,21+,22?,23+/m1/s1. The van der Waals surface area contributed by atoms with Crippen molar-refractivity contribution < 1.29 is 28.5 Å². The second kappa shape index (κ2) is 8.86. The molecule has 1 unspecified atom stereocenters. The molecule has 0 radical (unpaired) electrons. The molecule has 2 fully saturated rings. The van der Waals surface area contributed by atoms with Gasteiger partial charge in [0.05, 0.1) is 12.7 Å². The molecule has 170 valence electrons. The normalized spacial score (nSPS) is 29.2. The highest BCUT2D eigenvalue weighted by molar-refractivity contribution is 5.81. The van der Waals surface area contributed by atoms with Crippen LogP contribution in [-0.4, -0.2) is 42.4 Å². The van der Waals surface area contributed by atoms with Gasteiger partial charge in [0.15, 0.2) is 6.29 Å². The summed E-state index contributed by atoms with van der Waals surface area (Å²) < 4.78 is 28.9. The molecule has 6 atom stereocenters. The summed E-state index contributed by atoms with van der Waals surface area (Å²) in [6.45, 7) is 1.96. The first-order chi connectivity index (χ1) is 16.0. The number of hydrogen-bond acceptors (Lipinski definition) is 8. The molecule has 0 spiro atoms. The van der Waals surface area contributed by atoms with Gasteiger partial charge in [0.1, 0.15) is 29.6 Å². The third-order valence-electron chi connectivity index (χ3n) is 5.77. The van der Waals surface area contributed by atoms with E-state index in [0.29, 0.717) is 11.3 Å². The fourth-order valence-corrected chi connectivity index (χ4v) is 4.15. The topological polar surface area (TPSA) is 136 Å². The Hall–Kier alpha value is -3.40. The Kier molecular flexibility index (Phi) is 5.76. The third kappa shape index (κ3) is 4.18. The van der Waals surface area contributed by atoms with Crippen LogP contribution in [0.4, 0.5) is 0 Å². The second-order valence-corrected chi connectivity index (χ2v) is 7.93. The molecule has 0 bridgehead atoms. The lowest BCUT2D eigenvalue weighted by atomic mass is 9.96. The molecular formula is C23H21N3O7. The number of aryl methyl sites for hydroxylation is 1.